The summed E-state index contributed by atoms with van der Waals surface area (Å²) in [7, 11) is 4.16. The number of hydrogen-bond donors (Lipinski definition) is 1. The van der Waals surface area contributed by atoms with Gasteiger partial charge in [-0.1, -0.05) is 32.7 Å². The Morgan fingerprint density at radius 1 is 1.42 bits per heavy atom. The first kappa shape index (κ1) is 12.3. The monoisotopic (exact) mass is 190 g/mol. The zero-order chi connectivity index (χ0) is 9.78. The summed E-state index contributed by atoms with van der Waals surface area (Å²) in [4.78, 5) is 0. The summed E-state index contributed by atoms with van der Waals surface area (Å²) in [5.41, 5.74) is 0.332. The van der Waals surface area contributed by atoms with Gasteiger partial charge in [0.15, 0.2) is 0 Å². The zero-order valence-electron chi connectivity index (χ0n) is 9.14. The molecule has 0 fully saturated rings. The lowest BCUT2D eigenvalue weighted by atomic mass is 9.87. The molecule has 0 saturated heterocycles. The molecule has 0 saturated carbocycles. The molecule has 1 unspecified atom stereocenters. The van der Waals surface area contributed by atoms with Crippen LogP contribution in [0.15, 0.2) is 0 Å². The van der Waals surface area contributed by atoms with Crippen LogP contribution in [0.3, 0.4) is 0 Å². The molecule has 0 aliphatic rings. The molecule has 0 heterocycles. The molecule has 0 spiro atoms. The standard InChI is InChI=1S/C9H22N2S/c1-9(2,3)8(10-4)7-11(5)12-6/h8,10H,7H2,1-6H3. The van der Waals surface area contributed by atoms with E-state index < -0.39 is 0 Å². The van der Waals surface area contributed by atoms with E-state index in [9.17, 15) is 0 Å². The quantitative estimate of drug-likeness (QED) is 0.681. The second-order valence-electron chi connectivity index (χ2n) is 4.20. The molecule has 0 aromatic rings. The molecule has 0 amide bonds. The number of hydrogen-bond acceptors (Lipinski definition) is 3. The van der Waals surface area contributed by atoms with E-state index >= 15 is 0 Å². The predicted octanol–water partition coefficient (Wildman–Crippen LogP) is 1.83. The Hall–Kier alpha value is 0.270. The predicted molar refractivity (Wildman–Crippen MR) is 58.4 cm³/mol. The van der Waals surface area contributed by atoms with E-state index in [1.54, 1.807) is 11.9 Å². The Labute approximate surface area is 81.2 Å². The number of nitrogens with one attached hydrogen (secondary N) is 1. The van der Waals surface area contributed by atoms with Crippen molar-refractivity contribution in [2.24, 2.45) is 5.41 Å². The highest BCUT2D eigenvalue weighted by atomic mass is 32.2. The topological polar surface area (TPSA) is 15.3 Å². The fourth-order valence-corrected chi connectivity index (χ4v) is 1.43. The molecule has 1 N–H and O–H groups in total. The molecule has 0 bridgehead atoms. The van der Waals surface area contributed by atoms with Crippen LogP contribution in [0, 0.1) is 5.41 Å². The molecule has 0 aromatic heterocycles. The Bertz CT molecular complexity index is 120. The second-order valence-corrected chi connectivity index (χ2v) is 5.19. The largest absolute Gasteiger partial charge is 0.315 e. The number of likely N-dealkylation sites (N-methyl/N-ethyl adjacent to an activating group) is 2. The van der Waals surface area contributed by atoms with Gasteiger partial charge in [-0.25, -0.2) is 0 Å². The summed E-state index contributed by atoms with van der Waals surface area (Å²) in [5.74, 6) is 0. The minimum absolute atomic E-state index is 0.332. The van der Waals surface area contributed by atoms with Gasteiger partial charge in [-0.2, -0.15) is 0 Å². The molecule has 74 valence electrons. The van der Waals surface area contributed by atoms with Gasteiger partial charge in [0.25, 0.3) is 0 Å². The van der Waals surface area contributed by atoms with Crippen molar-refractivity contribution >= 4 is 11.9 Å². The normalized spacial score (nSPS) is 15.2. The first-order valence-corrected chi connectivity index (χ1v) is 5.52. The van der Waals surface area contributed by atoms with Crippen LogP contribution in [-0.2, 0) is 0 Å². The van der Waals surface area contributed by atoms with Crippen molar-refractivity contribution in [3.8, 4) is 0 Å². The smallest absolute Gasteiger partial charge is 0.0249 e. The maximum Gasteiger partial charge on any atom is 0.0249 e. The van der Waals surface area contributed by atoms with Crippen molar-refractivity contribution in [2.45, 2.75) is 26.8 Å². The molecule has 0 rings (SSSR count). The SMILES string of the molecule is CNC(CN(C)SC)C(C)(C)C. The Balaban J connectivity index is 4.00. The van der Waals surface area contributed by atoms with Gasteiger partial charge in [-0.15, -0.1) is 0 Å². The van der Waals surface area contributed by atoms with Crippen LogP contribution in [0.25, 0.3) is 0 Å². The number of rotatable bonds is 4. The van der Waals surface area contributed by atoms with Gasteiger partial charge < -0.3 is 5.32 Å². The molecule has 0 aromatic carbocycles. The molecular formula is C9H22N2S. The van der Waals surface area contributed by atoms with E-state index in [1.165, 1.54) is 0 Å². The highest BCUT2D eigenvalue weighted by Crippen LogP contribution is 2.20. The lowest BCUT2D eigenvalue weighted by Crippen LogP contribution is -2.44. The fraction of sp³-hybridized carbons (Fsp3) is 1.00. The minimum Gasteiger partial charge on any atom is -0.315 e. The van der Waals surface area contributed by atoms with E-state index in [2.05, 4.69) is 43.7 Å². The Morgan fingerprint density at radius 3 is 2.17 bits per heavy atom. The van der Waals surface area contributed by atoms with E-state index in [0.29, 0.717) is 11.5 Å². The van der Waals surface area contributed by atoms with Crippen LogP contribution in [0.1, 0.15) is 20.8 Å². The lowest BCUT2D eigenvalue weighted by Gasteiger charge is -2.32. The minimum atomic E-state index is 0.332. The molecule has 1 atom stereocenters. The van der Waals surface area contributed by atoms with E-state index in [0.717, 1.165) is 6.54 Å². The van der Waals surface area contributed by atoms with Gasteiger partial charge >= 0.3 is 0 Å². The third kappa shape index (κ3) is 4.33. The van der Waals surface area contributed by atoms with Gasteiger partial charge in [0, 0.05) is 12.6 Å². The van der Waals surface area contributed by atoms with Crippen molar-refractivity contribution in [1.29, 1.82) is 0 Å². The fourth-order valence-electron chi connectivity index (χ4n) is 1.13. The van der Waals surface area contributed by atoms with Crippen LogP contribution >= 0.6 is 11.9 Å². The second kappa shape index (κ2) is 5.10. The molecule has 0 radical (unpaired) electrons. The van der Waals surface area contributed by atoms with Gasteiger partial charge in [0.2, 0.25) is 0 Å². The molecule has 3 heteroatoms. The van der Waals surface area contributed by atoms with Crippen molar-refractivity contribution in [1.82, 2.24) is 9.62 Å². The summed E-state index contributed by atoms with van der Waals surface area (Å²) >= 11 is 1.78. The van der Waals surface area contributed by atoms with E-state index in [-0.39, 0.29) is 0 Å². The average molecular weight is 190 g/mol. The maximum atomic E-state index is 3.35. The van der Waals surface area contributed by atoms with Gasteiger partial charge in [-0.05, 0) is 25.8 Å². The molecule has 12 heavy (non-hydrogen) atoms. The van der Waals surface area contributed by atoms with Gasteiger partial charge in [0.1, 0.15) is 0 Å². The van der Waals surface area contributed by atoms with Gasteiger partial charge in [-0.3, -0.25) is 4.31 Å². The third-order valence-electron chi connectivity index (χ3n) is 2.15. The van der Waals surface area contributed by atoms with E-state index in [4.69, 9.17) is 0 Å². The highest BCUT2D eigenvalue weighted by molar-refractivity contribution is 7.96. The Morgan fingerprint density at radius 2 is 1.92 bits per heavy atom. The first-order valence-electron chi connectivity index (χ1n) is 4.34. The molecule has 0 aliphatic heterocycles. The highest BCUT2D eigenvalue weighted by Gasteiger charge is 2.23. The number of nitrogens with zero attached hydrogens (tertiary/aromatic N) is 1. The molecule has 0 aliphatic carbocycles. The van der Waals surface area contributed by atoms with Crippen molar-refractivity contribution < 1.29 is 0 Å². The van der Waals surface area contributed by atoms with Crippen molar-refractivity contribution in [3.63, 3.8) is 0 Å². The lowest BCUT2D eigenvalue weighted by molar-refractivity contribution is 0.252. The third-order valence-corrected chi connectivity index (χ3v) is 2.92. The zero-order valence-corrected chi connectivity index (χ0v) is 9.96. The molecular weight excluding hydrogens is 168 g/mol. The van der Waals surface area contributed by atoms with Crippen LogP contribution < -0.4 is 5.32 Å². The summed E-state index contributed by atoms with van der Waals surface area (Å²) in [6, 6.07) is 0.551. The van der Waals surface area contributed by atoms with Crippen LogP contribution in [0.2, 0.25) is 0 Å². The molecule has 2 nitrogen and oxygen atoms in total. The average Bonchev–Trinajstić information content (AvgIpc) is 1.97. The Kier molecular flexibility index (Phi) is 5.21. The van der Waals surface area contributed by atoms with Gasteiger partial charge in [0.05, 0.1) is 0 Å². The van der Waals surface area contributed by atoms with Crippen LogP contribution in [0.4, 0.5) is 0 Å². The maximum absolute atomic E-state index is 3.35. The summed E-state index contributed by atoms with van der Waals surface area (Å²) in [6.07, 6.45) is 2.11. The van der Waals surface area contributed by atoms with E-state index in [1.807, 2.05) is 7.05 Å². The van der Waals surface area contributed by atoms with Crippen LogP contribution in [0.5, 0.6) is 0 Å². The summed E-state index contributed by atoms with van der Waals surface area (Å²) in [6.45, 7) is 7.88. The first-order chi connectivity index (χ1) is 5.41. The van der Waals surface area contributed by atoms with Crippen LogP contribution in [-0.4, -0.2) is 37.2 Å². The van der Waals surface area contributed by atoms with Crippen molar-refractivity contribution in [3.05, 3.63) is 0 Å². The van der Waals surface area contributed by atoms with Crippen molar-refractivity contribution in [2.75, 3.05) is 26.9 Å². The summed E-state index contributed by atoms with van der Waals surface area (Å²) < 4.78 is 2.26. The summed E-state index contributed by atoms with van der Waals surface area (Å²) in [5, 5.41) is 3.35.